The molecule has 2 nitrogen and oxygen atoms in total. The Morgan fingerprint density at radius 3 is 2.54 bits per heavy atom. The molecule has 0 radical (unpaired) electrons. The molecular formula is C11H8N2. The molecule has 0 aliphatic heterocycles. The van der Waals surface area contributed by atoms with E-state index in [2.05, 4.69) is 11.1 Å². The largest absolute Gasteiger partial charge is 0.360 e. The van der Waals surface area contributed by atoms with E-state index in [1.807, 2.05) is 36.4 Å². The molecule has 0 amide bonds. The molecule has 1 N–H and O–H groups in total. The van der Waals surface area contributed by atoms with E-state index < -0.39 is 0 Å². The van der Waals surface area contributed by atoms with Gasteiger partial charge in [0, 0.05) is 11.9 Å². The Bertz CT molecular complexity index is 435. The Morgan fingerprint density at radius 2 is 1.92 bits per heavy atom. The molecule has 0 saturated heterocycles. The fourth-order valence-electron chi connectivity index (χ4n) is 1.24. The Labute approximate surface area is 76.5 Å². The molecule has 1 aromatic heterocycles. The van der Waals surface area contributed by atoms with E-state index in [-0.39, 0.29) is 0 Å². The van der Waals surface area contributed by atoms with Crippen LogP contribution in [0, 0.1) is 11.3 Å². The standard InChI is InChI=1S/C11H8N2/c12-7-9-6-11(13-8-9)10-4-2-1-3-5-10/h1-6,8,13H. The number of rotatable bonds is 1. The first kappa shape index (κ1) is 7.63. The van der Waals surface area contributed by atoms with Crippen molar-refractivity contribution < 1.29 is 0 Å². The Kier molecular flexibility index (Phi) is 1.85. The zero-order valence-corrected chi connectivity index (χ0v) is 6.99. The van der Waals surface area contributed by atoms with Gasteiger partial charge in [-0.15, -0.1) is 0 Å². The molecule has 2 heteroatoms. The second-order valence-electron chi connectivity index (χ2n) is 2.78. The van der Waals surface area contributed by atoms with Crippen molar-refractivity contribution >= 4 is 0 Å². The van der Waals surface area contributed by atoms with Crippen LogP contribution in [0.15, 0.2) is 42.6 Å². The molecule has 13 heavy (non-hydrogen) atoms. The maximum Gasteiger partial charge on any atom is 0.101 e. The van der Waals surface area contributed by atoms with Crippen molar-refractivity contribution in [2.75, 3.05) is 0 Å². The van der Waals surface area contributed by atoms with Gasteiger partial charge >= 0.3 is 0 Å². The van der Waals surface area contributed by atoms with Gasteiger partial charge in [0.1, 0.15) is 6.07 Å². The monoisotopic (exact) mass is 168 g/mol. The predicted molar refractivity (Wildman–Crippen MR) is 50.9 cm³/mol. The molecule has 0 bridgehead atoms. The van der Waals surface area contributed by atoms with E-state index >= 15 is 0 Å². The summed E-state index contributed by atoms with van der Waals surface area (Å²) < 4.78 is 0. The summed E-state index contributed by atoms with van der Waals surface area (Å²) in [7, 11) is 0. The highest BCUT2D eigenvalue weighted by Gasteiger charge is 1.99. The van der Waals surface area contributed by atoms with Gasteiger partial charge in [-0.3, -0.25) is 0 Å². The van der Waals surface area contributed by atoms with Gasteiger partial charge in [0.15, 0.2) is 0 Å². The molecule has 62 valence electrons. The number of hydrogen-bond acceptors (Lipinski definition) is 1. The summed E-state index contributed by atoms with van der Waals surface area (Å²) in [4.78, 5) is 3.05. The average Bonchev–Trinajstić information content (AvgIpc) is 2.67. The number of hydrogen-bond donors (Lipinski definition) is 1. The van der Waals surface area contributed by atoms with E-state index in [0.717, 1.165) is 11.3 Å². The quantitative estimate of drug-likeness (QED) is 0.698. The second kappa shape index (κ2) is 3.16. The first-order valence-electron chi connectivity index (χ1n) is 4.04. The predicted octanol–water partition coefficient (Wildman–Crippen LogP) is 2.55. The topological polar surface area (TPSA) is 39.6 Å². The summed E-state index contributed by atoms with van der Waals surface area (Å²) in [6, 6.07) is 13.9. The first-order valence-corrected chi connectivity index (χ1v) is 4.04. The molecule has 0 unspecified atom stereocenters. The van der Waals surface area contributed by atoms with Crippen LogP contribution in [0.5, 0.6) is 0 Å². The number of nitrogens with one attached hydrogen (secondary N) is 1. The van der Waals surface area contributed by atoms with E-state index in [0.29, 0.717) is 5.56 Å². The van der Waals surface area contributed by atoms with E-state index in [4.69, 9.17) is 5.26 Å². The van der Waals surface area contributed by atoms with E-state index in [1.54, 1.807) is 6.20 Å². The van der Waals surface area contributed by atoms with E-state index in [1.165, 1.54) is 0 Å². The fraction of sp³-hybridized carbons (Fsp3) is 0. The van der Waals surface area contributed by atoms with Crippen LogP contribution in [-0.2, 0) is 0 Å². The lowest BCUT2D eigenvalue weighted by atomic mass is 10.1. The third-order valence-electron chi connectivity index (χ3n) is 1.90. The molecule has 0 aliphatic carbocycles. The van der Waals surface area contributed by atoms with Crippen molar-refractivity contribution in [3.63, 3.8) is 0 Å². The molecular weight excluding hydrogens is 160 g/mol. The number of nitrogens with zero attached hydrogens (tertiary/aromatic N) is 1. The van der Waals surface area contributed by atoms with Gasteiger partial charge < -0.3 is 4.98 Å². The highest BCUT2D eigenvalue weighted by atomic mass is 14.7. The third-order valence-corrected chi connectivity index (χ3v) is 1.90. The van der Waals surface area contributed by atoms with Crippen LogP contribution in [0.2, 0.25) is 0 Å². The van der Waals surface area contributed by atoms with Crippen molar-refractivity contribution in [2.24, 2.45) is 0 Å². The lowest BCUT2D eigenvalue weighted by molar-refractivity contribution is 1.39. The van der Waals surface area contributed by atoms with Gasteiger partial charge in [-0.25, -0.2) is 0 Å². The molecule has 0 fully saturated rings. The lowest BCUT2D eigenvalue weighted by Gasteiger charge is -1.94. The van der Waals surface area contributed by atoms with Crippen LogP contribution in [0.1, 0.15) is 5.56 Å². The Balaban J connectivity index is 2.43. The molecule has 0 saturated carbocycles. The molecule has 2 rings (SSSR count). The Morgan fingerprint density at radius 1 is 1.15 bits per heavy atom. The minimum absolute atomic E-state index is 0.666. The van der Waals surface area contributed by atoms with Crippen LogP contribution in [-0.4, -0.2) is 4.98 Å². The summed E-state index contributed by atoms with van der Waals surface area (Å²) in [5.74, 6) is 0. The summed E-state index contributed by atoms with van der Waals surface area (Å²) in [5, 5.41) is 8.63. The summed E-state index contributed by atoms with van der Waals surface area (Å²) >= 11 is 0. The molecule has 2 aromatic rings. The number of aromatic nitrogens is 1. The lowest BCUT2D eigenvalue weighted by Crippen LogP contribution is -1.73. The maximum atomic E-state index is 8.63. The van der Waals surface area contributed by atoms with Gasteiger partial charge in [-0.2, -0.15) is 5.26 Å². The van der Waals surface area contributed by atoms with Gasteiger partial charge in [0.05, 0.1) is 5.56 Å². The van der Waals surface area contributed by atoms with Gasteiger partial charge in [0.2, 0.25) is 0 Å². The number of nitriles is 1. The SMILES string of the molecule is N#Cc1c[nH]c(-c2ccccc2)c1. The highest BCUT2D eigenvalue weighted by molar-refractivity contribution is 5.61. The third kappa shape index (κ3) is 1.45. The molecule has 0 spiro atoms. The van der Waals surface area contributed by atoms with Crippen LogP contribution < -0.4 is 0 Å². The van der Waals surface area contributed by atoms with Crippen molar-refractivity contribution in [3.05, 3.63) is 48.2 Å². The smallest absolute Gasteiger partial charge is 0.101 e. The number of H-pyrrole nitrogens is 1. The Hall–Kier alpha value is -2.01. The normalized spacial score (nSPS) is 9.46. The molecule has 1 heterocycles. The fourth-order valence-corrected chi connectivity index (χ4v) is 1.24. The van der Waals surface area contributed by atoms with Crippen molar-refractivity contribution in [3.8, 4) is 17.3 Å². The molecule has 0 aliphatic rings. The van der Waals surface area contributed by atoms with Crippen LogP contribution >= 0.6 is 0 Å². The molecule has 1 aromatic carbocycles. The summed E-state index contributed by atoms with van der Waals surface area (Å²) in [6.07, 6.45) is 1.71. The van der Waals surface area contributed by atoms with Crippen molar-refractivity contribution in [2.45, 2.75) is 0 Å². The highest BCUT2D eigenvalue weighted by Crippen LogP contribution is 2.17. The zero-order valence-electron chi connectivity index (χ0n) is 6.99. The van der Waals surface area contributed by atoms with Gasteiger partial charge in [-0.05, 0) is 11.6 Å². The second-order valence-corrected chi connectivity index (χ2v) is 2.78. The maximum absolute atomic E-state index is 8.63. The van der Waals surface area contributed by atoms with Crippen molar-refractivity contribution in [1.82, 2.24) is 4.98 Å². The average molecular weight is 168 g/mol. The zero-order chi connectivity index (χ0) is 9.10. The van der Waals surface area contributed by atoms with Crippen LogP contribution in [0.4, 0.5) is 0 Å². The number of aromatic amines is 1. The van der Waals surface area contributed by atoms with E-state index in [9.17, 15) is 0 Å². The van der Waals surface area contributed by atoms with Gasteiger partial charge in [-0.1, -0.05) is 30.3 Å². The van der Waals surface area contributed by atoms with Crippen molar-refractivity contribution in [1.29, 1.82) is 5.26 Å². The molecule has 0 atom stereocenters. The van der Waals surface area contributed by atoms with Gasteiger partial charge in [0.25, 0.3) is 0 Å². The first-order chi connectivity index (χ1) is 6.40. The number of benzene rings is 1. The minimum Gasteiger partial charge on any atom is -0.360 e. The van der Waals surface area contributed by atoms with Crippen LogP contribution in [0.3, 0.4) is 0 Å². The van der Waals surface area contributed by atoms with Crippen LogP contribution in [0.25, 0.3) is 11.3 Å². The summed E-state index contributed by atoms with van der Waals surface area (Å²) in [6.45, 7) is 0. The minimum atomic E-state index is 0.666. The summed E-state index contributed by atoms with van der Waals surface area (Å²) in [5.41, 5.74) is 2.75.